The Morgan fingerprint density at radius 1 is 1.17 bits per heavy atom. The van der Waals surface area contributed by atoms with E-state index in [0.717, 1.165) is 6.07 Å². The molecule has 0 saturated carbocycles. The van der Waals surface area contributed by atoms with Crippen LogP contribution in [0.2, 0.25) is 5.02 Å². The molecule has 0 radical (unpaired) electrons. The first kappa shape index (κ1) is 21.8. The Balaban J connectivity index is 2.31. The van der Waals surface area contributed by atoms with Crippen molar-refractivity contribution in [2.75, 3.05) is 6.61 Å². The van der Waals surface area contributed by atoms with Crippen LogP contribution in [0.1, 0.15) is 22.6 Å². The van der Waals surface area contributed by atoms with Crippen molar-refractivity contribution in [3.8, 4) is 0 Å². The quantitative estimate of drug-likeness (QED) is 0.594. The molecule has 30 heavy (non-hydrogen) atoms. The van der Waals surface area contributed by atoms with Crippen LogP contribution in [0.4, 0.5) is 17.6 Å². The summed E-state index contributed by atoms with van der Waals surface area (Å²) < 4.78 is 54.4. The summed E-state index contributed by atoms with van der Waals surface area (Å²) >= 11 is 6.25. The van der Waals surface area contributed by atoms with Gasteiger partial charge in [-0.25, -0.2) is 4.39 Å². The summed E-state index contributed by atoms with van der Waals surface area (Å²) in [5, 5.41) is 9.42. The average Bonchev–Trinajstić information content (AvgIpc) is 2.66. The third kappa shape index (κ3) is 3.90. The number of hydrogen-bond donors (Lipinski definition) is 2. The highest BCUT2D eigenvalue weighted by Crippen LogP contribution is 2.38. The fourth-order valence-corrected chi connectivity index (χ4v) is 3.63. The topological polar surface area (TPSA) is 85.3 Å². The van der Waals surface area contributed by atoms with Gasteiger partial charge in [0.25, 0.3) is 5.56 Å². The maximum absolute atomic E-state index is 13.7. The normalized spacial score (nSPS) is 12.9. The van der Waals surface area contributed by atoms with Crippen molar-refractivity contribution in [1.29, 1.82) is 0 Å². The summed E-state index contributed by atoms with van der Waals surface area (Å²) in [4.78, 5) is 24.9. The molecule has 0 spiro atoms. The molecule has 5 nitrogen and oxygen atoms in total. The van der Waals surface area contributed by atoms with Crippen LogP contribution in [-0.2, 0) is 17.5 Å². The monoisotopic (exact) mass is 442 g/mol. The molecule has 0 bridgehead atoms. The van der Waals surface area contributed by atoms with Crippen LogP contribution in [0.3, 0.4) is 0 Å². The second-order valence-electron chi connectivity index (χ2n) is 6.53. The van der Waals surface area contributed by atoms with Gasteiger partial charge >= 0.3 is 6.18 Å². The van der Waals surface area contributed by atoms with E-state index in [9.17, 15) is 27.2 Å². The molecule has 0 aliphatic heterocycles. The number of pyridine rings is 1. The number of nitrogens with two attached hydrogens (primary N) is 1. The molecule has 3 N–H and O–H groups in total. The molecule has 1 amide bonds. The van der Waals surface area contributed by atoms with Crippen molar-refractivity contribution in [2.24, 2.45) is 5.73 Å². The number of aliphatic hydroxyl groups excluding tert-OH is 1. The molecule has 0 aliphatic carbocycles. The van der Waals surface area contributed by atoms with Crippen LogP contribution in [0, 0.1) is 5.82 Å². The number of primary amides is 1. The maximum Gasteiger partial charge on any atom is 0.419 e. The summed E-state index contributed by atoms with van der Waals surface area (Å²) in [6.45, 7) is -0.259. The van der Waals surface area contributed by atoms with Gasteiger partial charge in [0, 0.05) is 23.2 Å². The number of fused-ring (bicyclic) bond motifs is 1. The Morgan fingerprint density at radius 2 is 1.87 bits per heavy atom. The van der Waals surface area contributed by atoms with E-state index in [-0.39, 0.29) is 40.1 Å². The van der Waals surface area contributed by atoms with Crippen LogP contribution >= 0.6 is 11.6 Å². The van der Waals surface area contributed by atoms with Gasteiger partial charge < -0.3 is 15.4 Å². The van der Waals surface area contributed by atoms with E-state index >= 15 is 0 Å². The van der Waals surface area contributed by atoms with E-state index in [2.05, 4.69) is 0 Å². The van der Waals surface area contributed by atoms with E-state index in [1.165, 1.54) is 29.0 Å². The summed E-state index contributed by atoms with van der Waals surface area (Å²) in [5.41, 5.74) is 3.27. The number of nitrogens with zero attached hydrogens (tertiary/aromatic N) is 1. The first-order chi connectivity index (χ1) is 14.1. The zero-order valence-electron chi connectivity index (χ0n) is 15.2. The highest BCUT2D eigenvalue weighted by Gasteiger charge is 2.36. The second-order valence-corrected chi connectivity index (χ2v) is 6.94. The molecular weight excluding hydrogens is 428 g/mol. The number of halogens is 5. The summed E-state index contributed by atoms with van der Waals surface area (Å²) in [6.07, 6.45) is -3.62. The molecule has 2 aromatic carbocycles. The zero-order chi connectivity index (χ0) is 22.2. The van der Waals surface area contributed by atoms with Gasteiger partial charge in [0.15, 0.2) is 0 Å². The zero-order valence-corrected chi connectivity index (χ0v) is 16.0. The number of alkyl halides is 3. The number of carbonyl (C=O) groups excluding carboxylic acids is 1. The fraction of sp³-hybridized carbons (Fsp3) is 0.200. The molecule has 1 unspecified atom stereocenters. The number of aromatic nitrogens is 1. The van der Waals surface area contributed by atoms with E-state index in [0.29, 0.717) is 12.1 Å². The molecule has 0 saturated heterocycles. The van der Waals surface area contributed by atoms with Crippen molar-refractivity contribution in [1.82, 2.24) is 4.57 Å². The first-order valence-electron chi connectivity index (χ1n) is 8.64. The molecule has 158 valence electrons. The Kier molecular flexibility index (Phi) is 5.87. The molecule has 1 aromatic heterocycles. The van der Waals surface area contributed by atoms with Gasteiger partial charge in [-0.15, -0.1) is 0 Å². The van der Waals surface area contributed by atoms with Crippen LogP contribution in [0.15, 0.2) is 47.4 Å². The predicted octanol–water partition coefficient (Wildman–Crippen LogP) is 3.42. The van der Waals surface area contributed by atoms with Crippen molar-refractivity contribution in [3.05, 3.63) is 80.5 Å². The van der Waals surface area contributed by atoms with Gasteiger partial charge in [-0.3, -0.25) is 9.59 Å². The lowest BCUT2D eigenvalue weighted by molar-refractivity contribution is -0.140. The molecule has 0 aliphatic rings. The summed E-state index contributed by atoms with van der Waals surface area (Å²) in [6, 6.07) is 6.31. The number of hydrogen-bond acceptors (Lipinski definition) is 3. The van der Waals surface area contributed by atoms with Crippen LogP contribution in [0.5, 0.6) is 0 Å². The van der Waals surface area contributed by atoms with Gasteiger partial charge in [0.2, 0.25) is 5.91 Å². The van der Waals surface area contributed by atoms with Crippen molar-refractivity contribution < 1.29 is 27.5 Å². The highest BCUT2D eigenvalue weighted by molar-refractivity contribution is 6.32. The lowest BCUT2D eigenvalue weighted by Crippen LogP contribution is -2.25. The molecule has 3 aromatic rings. The van der Waals surface area contributed by atoms with E-state index in [1.54, 1.807) is 0 Å². The van der Waals surface area contributed by atoms with Gasteiger partial charge in [0.1, 0.15) is 5.82 Å². The van der Waals surface area contributed by atoms with Gasteiger partial charge in [-0.05, 0) is 46.8 Å². The Hall–Kier alpha value is -2.91. The predicted molar refractivity (Wildman–Crippen MR) is 103 cm³/mol. The first-order valence-corrected chi connectivity index (χ1v) is 9.02. The SMILES string of the molecule is NC(=O)C(c1ccc(F)c(C(F)(F)F)c1)c1c(Cl)ccc2c(=O)n(CCO)ccc12. The Labute approximate surface area is 172 Å². The number of aliphatic hydroxyl groups is 1. The lowest BCUT2D eigenvalue weighted by atomic mass is 9.86. The molecular formula is C20H15ClF4N2O3. The summed E-state index contributed by atoms with van der Waals surface area (Å²) in [5.74, 6) is -3.98. The largest absolute Gasteiger partial charge is 0.419 e. The number of amides is 1. The standard InChI is InChI=1S/C20H15ClF4N2O3/c21-14-3-2-12-11(5-6-27(7-8-28)19(12)30)17(14)16(18(26)29)10-1-4-15(22)13(9-10)20(23,24)25/h1-6,9,16,28H,7-8H2,(H2,26,29). The minimum atomic E-state index is -4.98. The van der Waals surface area contributed by atoms with Gasteiger partial charge in [-0.2, -0.15) is 13.2 Å². The Morgan fingerprint density at radius 3 is 2.47 bits per heavy atom. The minimum Gasteiger partial charge on any atom is -0.395 e. The number of benzene rings is 2. The molecule has 3 rings (SSSR count). The minimum absolute atomic E-state index is 0.00323. The third-order valence-corrected chi connectivity index (χ3v) is 5.02. The Bertz CT molecular complexity index is 1190. The number of carbonyl (C=O) groups is 1. The van der Waals surface area contributed by atoms with Crippen molar-refractivity contribution in [3.63, 3.8) is 0 Å². The number of rotatable bonds is 5. The average molecular weight is 443 g/mol. The smallest absolute Gasteiger partial charge is 0.395 e. The molecule has 1 heterocycles. The third-order valence-electron chi connectivity index (χ3n) is 4.69. The maximum atomic E-state index is 13.7. The second kappa shape index (κ2) is 8.08. The molecule has 1 atom stereocenters. The van der Waals surface area contributed by atoms with Gasteiger partial charge in [-0.1, -0.05) is 17.7 Å². The van der Waals surface area contributed by atoms with Gasteiger partial charge in [0.05, 0.1) is 18.1 Å². The van der Waals surface area contributed by atoms with E-state index in [4.69, 9.17) is 22.4 Å². The summed E-state index contributed by atoms with van der Waals surface area (Å²) in [7, 11) is 0. The lowest BCUT2D eigenvalue weighted by Gasteiger charge is -2.20. The van der Waals surface area contributed by atoms with Crippen molar-refractivity contribution >= 4 is 28.3 Å². The van der Waals surface area contributed by atoms with E-state index in [1.807, 2.05) is 0 Å². The fourth-order valence-electron chi connectivity index (χ4n) is 3.35. The molecule has 0 fully saturated rings. The van der Waals surface area contributed by atoms with Crippen LogP contribution in [-0.4, -0.2) is 22.2 Å². The van der Waals surface area contributed by atoms with Crippen molar-refractivity contribution in [2.45, 2.75) is 18.6 Å². The van der Waals surface area contributed by atoms with Crippen LogP contribution < -0.4 is 11.3 Å². The van der Waals surface area contributed by atoms with E-state index < -0.39 is 34.9 Å². The highest BCUT2D eigenvalue weighted by atomic mass is 35.5. The van der Waals surface area contributed by atoms with Crippen LogP contribution in [0.25, 0.3) is 10.8 Å². The molecule has 10 heteroatoms.